The molecule has 0 atom stereocenters. The summed E-state index contributed by atoms with van der Waals surface area (Å²) in [5, 5.41) is 17.0. The fraction of sp³-hybridized carbons (Fsp3) is 0.375. The van der Waals surface area contributed by atoms with Crippen molar-refractivity contribution in [2.45, 2.75) is 39.0 Å². The second kappa shape index (κ2) is 10.8. The molecular formula is C16H22O4. The van der Waals surface area contributed by atoms with E-state index < -0.39 is 11.9 Å². The quantitative estimate of drug-likeness (QED) is 0.578. The largest absolute Gasteiger partial charge is 0.478 e. The van der Waals surface area contributed by atoms with Gasteiger partial charge in [-0.2, -0.15) is 0 Å². The van der Waals surface area contributed by atoms with Gasteiger partial charge in [-0.3, -0.25) is 0 Å². The van der Waals surface area contributed by atoms with Crippen molar-refractivity contribution in [3.63, 3.8) is 0 Å². The summed E-state index contributed by atoms with van der Waals surface area (Å²) >= 11 is 0. The minimum Gasteiger partial charge on any atom is -0.478 e. The first-order valence-electron chi connectivity index (χ1n) is 6.70. The van der Waals surface area contributed by atoms with Crippen LogP contribution in [-0.2, 0) is 0 Å². The molecule has 1 aromatic rings. The van der Waals surface area contributed by atoms with E-state index in [0.29, 0.717) is 0 Å². The molecule has 0 aliphatic heterocycles. The van der Waals surface area contributed by atoms with Gasteiger partial charge in [0.15, 0.2) is 0 Å². The van der Waals surface area contributed by atoms with E-state index in [-0.39, 0.29) is 11.1 Å². The Labute approximate surface area is 119 Å². The number of benzene rings is 1. The van der Waals surface area contributed by atoms with E-state index in [2.05, 4.69) is 13.5 Å². The maximum absolute atomic E-state index is 10.4. The standard InChI is InChI=1S/C8H6O4.C8H16/c9-7(10)5-2-1-3-6(4-5)8(11)12;1-3-5-7-8-6-4-2/h1-4H,(H,9,10)(H,11,12);3H,1,4-8H2,2H3. The van der Waals surface area contributed by atoms with Gasteiger partial charge in [-0.1, -0.05) is 38.3 Å². The van der Waals surface area contributed by atoms with Crippen LogP contribution in [0.2, 0.25) is 0 Å². The Kier molecular flexibility index (Phi) is 9.66. The molecule has 110 valence electrons. The van der Waals surface area contributed by atoms with E-state index in [1.165, 1.54) is 50.3 Å². The smallest absolute Gasteiger partial charge is 0.335 e. The molecule has 4 heteroatoms. The van der Waals surface area contributed by atoms with Gasteiger partial charge in [-0.05, 0) is 31.0 Å². The van der Waals surface area contributed by atoms with Gasteiger partial charge in [-0.15, -0.1) is 6.58 Å². The van der Waals surface area contributed by atoms with E-state index in [9.17, 15) is 9.59 Å². The van der Waals surface area contributed by atoms with Gasteiger partial charge in [0.05, 0.1) is 11.1 Å². The Hall–Kier alpha value is -2.10. The first kappa shape index (κ1) is 17.9. The van der Waals surface area contributed by atoms with Crippen molar-refractivity contribution in [1.82, 2.24) is 0 Å². The minimum absolute atomic E-state index is 0.0186. The summed E-state index contributed by atoms with van der Waals surface area (Å²) in [5.41, 5.74) is -0.0372. The highest BCUT2D eigenvalue weighted by Gasteiger charge is 2.06. The Morgan fingerprint density at radius 2 is 1.65 bits per heavy atom. The van der Waals surface area contributed by atoms with E-state index >= 15 is 0 Å². The molecular weight excluding hydrogens is 256 g/mol. The van der Waals surface area contributed by atoms with Crippen LogP contribution in [0.5, 0.6) is 0 Å². The third-order valence-corrected chi connectivity index (χ3v) is 2.62. The molecule has 4 nitrogen and oxygen atoms in total. The van der Waals surface area contributed by atoms with Crippen molar-refractivity contribution < 1.29 is 19.8 Å². The molecule has 0 amide bonds. The predicted molar refractivity (Wildman–Crippen MR) is 79.3 cm³/mol. The number of unbranched alkanes of at least 4 members (excludes halogenated alkanes) is 4. The maximum atomic E-state index is 10.4. The van der Waals surface area contributed by atoms with Crippen LogP contribution in [0, 0.1) is 0 Å². The van der Waals surface area contributed by atoms with E-state index in [4.69, 9.17) is 10.2 Å². The molecule has 0 saturated heterocycles. The molecule has 2 N–H and O–H groups in total. The van der Waals surface area contributed by atoms with Gasteiger partial charge in [0.1, 0.15) is 0 Å². The molecule has 1 aromatic carbocycles. The van der Waals surface area contributed by atoms with Crippen LogP contribution in [-0.4, -0.2) is 22.2 Å². The van der Waals surface area contributed by atoms with Gasteiger partial charge in [-0.25, -0.2) is 9.59 Å². The van der Waals surface area contributed by atoms with Gasteiger partial charge in [0.2, 0.25) is 0 Å². The summed E-state index contributed by atoms with van der Waals surface area (Å²) in [4.78, 5) is 20.8. The van der Waals surface area contributed by atoms with Gasteiger partial charge >= 0.3 is 11.9 Å². The maximum Gasteiger partial charge on any atom is 0.335 e. The lowest BCUT2D eigenvalue weighted by molar-refractivity contribution is 0.0696. The zero-order valence-corrected chi connectivity index (χ0v) is 11.8. The molecule has 0 aromatic heterocycles. The highest BCUT2D eigenvalue weighted by molar-refractivity contribution is 5.93. The third kappa shape index (κ3) is 8.08. The van der Waals surface area contributed by atoms with Crippen LogP contribution >= 0.6 is 0 Å². The van der Waals surface area contributed by atoms with Crippen molar-refractivity contribution in [3.8, 4) is 0 Å². The monoisotopic (exact) mass is 278 g/mol. The molecule has 0 saturated carbocycles. The van der Waals surface area contributed by atoms with Gasteiger partial charge in [0.25, 0.3) is 0 Å². The highest BCUT2D eigenvalue weighted by Crippen LogP contribution is 2.04. The van der Waals surface area contributed by atoms with Crippen LogP contribution in [0.1, 0.15) is 59.7 Å². The molecule has 0 aliphatic carbocycles. The molecule has 1 rings (SSSR count). The van der Waals surface area contributed by atoms with Crippen LogP contribution in [0.3, 0.4) is 0 Å². The SMILES string of the molecule is C=CCCCCCC.O=C(O)c1cccc(C(=O)O)c1. The molecule has 0 heterocycles. The van der Waals surface area contributed by atoms with Crippen molar-refractivity contribution in [2.24, 2.45) is 0 Å². The van der Waals surface area contributed by atoms with Crippen LogP contribution in [0.4, 0.5) is 0 Å². The summed E-state index contributed by atoms with van der Waals surface area (Å²) < 4.78 is 0. The number of carboxylic acids is 2. The number of carboxylic acid groups (broad SMARTS) is 2. The zero-order valence-electron chi connectivity index (χ0n) is 11.8. The Morgan fingerprint density at radius 1 is 1.10 bits per heavy atom. The average molecular weight is 278 g/mol. The van der Waals surface area contributed by atoms with E-state index in [1.807, 2.05) is 6.08 Å². The average Bonchev–Trinajstić information content (AvgIpc) is 2.44. The summed E-state index contributed by atoms with van der Waals surface area (Å²) in [6, 6.07) is 5.20. The lowest BCUT2D eigenvalue weighted by Gasteiger charge is -1.95. The van der Waals surface area contributed by atoms with Crippen molar-refractivity contribution in [3.05, 3.63) is 48.0 Å². The fourth-order valence-corrected chi connectivity index (χ4v) is 1.50. The molecule has 20 heavy (non-hydrogen) atoms. The van der Waals surface area contributed by atoms with Crippen molar-refractivity contribution in [1.29, 1.82) is 0 Å². The molecule has 0 unspecified atom stereocenters. The summed E-state index contributed by atoms with van der Waals surface area (Å²) in [6.07, 6.45) is 8.61. The van der Waals surface area contributed by atoms with E-state index in [0.717, 1.165) is 6.07 Å². The Bertz CT molecular complexity index is 409. The number of rotatable bonds is 7. The number of allylic oxidation sites excluding steroid dienone is 1. The second-order valence-corrected chi connectivity index (χ2v) is 4.33. The Morgan fingerprint density at radius 3 is 2.05 bits per heavy atom. The normalized spacial score (nSPS) is 9.25. The van der Waals surface area contributed by atoms with Crippen molar-refractivity contribution in [2.75, 3.05) is 0 Å². The zero-order chi connectivity index (χ0) is 15.4. The third-order valence-electron chi connectivity index (χ3n) is 2.62. The van der Waals surface area contributed by atoms with Gasteiger partial charge < -0.3 is 10.2 Å². The molecule has 0 radical (unpaired) electrons. The predicted octanol–water partition coefficient (Wildman–Crippen LogP) is 4.23. The number of carbonyl (C=O) groups is 2. The molecule has 0 spiro atoms. The van der Waals surface area contributed by atoms with E-state index in [1.54, 1.807) is 0 Å². The number of hydrogen-bond acceptors (Lipinski definition) is 2. The van der Waals surface area contributed by atoms with Crippen LogP contribution < -0.4 is 0 Å². The minimum atomic E-state index is -1.13. The fourth-order valence-electron chi connectivity index (χ4n) is 1.50. The summed E-state index contributed by atoms with van der Waals surface area (Å²) in [7, 11) is 0. The second-order valence-electron chi connectivity index (χ2n) is 4.33. The number of aromatic carboxylic acids is 2. The topological polar surface area (TPSA) is 74.6 Å². The first-order valence-corrected chi connectivity index (χ1v) is 6.70. The lowest BCUT2D eigenvalue weighted by atomic mass is 10.1. The first-order chi connectivity index (χ1) is 9.52. The summed E-state index contributed by atoms with van der Waals surface area (Å²) in [5.74, 6) is -2.25. The van der Waals surface area contributed by atoms with Gasteiger partial charge in [0, 0.05) is 0 Å². The molecule has 0 aliphatic rings. The molecule has 0 fully saturated rings. The lowest BCUT2D eigenvalue weighted by Crippen LogP contribution is -2.01. The molecule has 0 bridgehead atoms. The summed E-state index contributed by atoms with van der Waals surface area (Å²) in [6.45, 7) is 5.89. The highest BCUT2D eigenvalue weighted by atomic mass is 16.4. The van der Waals surface area contributed by atoms with Crippen LogP contribution in [0.15, 0.2) is 36.9 Å². The Balaban J connectivity index is 0.000000396. The van der Waals surface area contributed by atoms with Crippen LogP contribution in [0.25, 0.3) is 0 Å². The number of hydrogen-bond donors (Lipinski definition) is 2. The van der Waals surface area contributed by atoms with Crippen molar-refractivity contribution >= 4 is 11.9 Å².